The zero-order valence-corrected chi connectivity index (χ0v) is 58.4. The molecule has 3 aromatic rings. The van der Waals surface area contributed by atoms with E-state index in [-0.39, 0.29) is 63.3 Å². The first-order chi connectivity index (χ1) is 48.0. The van der Waals surface area contributed by atoms with Gasteiger partial charge in [0.25, 0.3) is 0 Å². The Hall–Kier alpha value is -10.1. The zero-order chi connectivity index (χ0) is 76.2. The molecule has 0 radical (unpaired) electrons. The van der Waals surface area contributed by atoms with Crippen molar-refractivity contribution in [1.82, 2.24) is 68.4 Å². The molecule has 1 aliphatic heterocycles. The maximum Gasteiger partial charge on any atom is 0.326 e. The number of benzene rings is 2. The van der Waals surface area contributed by atoms with Crippen LogP contribution in [0.5, 0.6) is 0 Å². The Kier molecular flexibility index (Phi) is 33.8. The van der Waals surface area contributed by atoms with Crippen molar-refractivity contribution in [3.05, 3.63) is 71.9 Å². The molecule has 4 rings (SSSR count). The number of aromatic nitrogens is 1. The molecule has 35 nitrogen and oxygen atoms in total. The zero-order valence-electron chi connectivity index (χ0n) is 58.4. The molecule has 35 heteroatoms. The Labute approximate surface area is 589 Å². The molecule has 21 N–H and O–H groups in total. The van der Waals surface area contributed by atoms with Crippen LogP contribution in [0, 0.1) is 17.8 Å². The van der Waals surface area contributed by atoms with E-state index in [2.05, 4.69) is 63.5 Å². The van der Waals surface area contributed by atoms with Gasteiger partial charge in [-0.1, -0.05) is 96.5 Å². The molecule has 0 saturated carbocycles. The van der Waals surface area contributed by atoms with E-state index < -0.39 is 206 Å². The van der Waals surface area contributed by atoms with Gasteiger partial charge in [-0.25, -0.2) is 9.59 Å². The molecule has 1 saturated heterocycles. The summed E-state index contributed by atoms with van der Waals surface area (Å²) in [6, 6.07) is -1.68. The number of amides is 13. The van der Waals surface area contributed by atoms with Crippen molar-refractivity contribution >= 4 is 99.6 Å². The number of carboxylic acid groups (broad SMARTS) is 2. The van der Waals surface area contributed by atoms with Crippen molar-refractivity contribution in [3.8, 4) is 0 Å². The van der Waals surface area contributed by atoms with E-state index in [1.165, 1.54) is 6.92 Å². The molecule has 562 valence electrons. The first-order valence-electron chi connectivity index (χ1n) is 33.7. The SMILES string of the molecule is CCC(C)[C@H](NC(=O)[C@H](CCC(N)=O)NC(=O)[C@@H]1CCCN1C(=O)CNCC(=O)N[C@@H](CO)C(=O)N[C@H](C(=O)N[C@@H](CC(C)C)C(=O)N[C@@H](CC(N)=O)C(=O)N[C@@H](Cc1ccccc1)C(=O)O)C(C)O)C(=O)N[C@H](C(=O)N[C@@H](CC(C)C)C(=O)N[C@@H](Cc1c[nH]c2ccccc12)C(=O)O)C(C)O. The highest BCUT2D eigenvalue weighted by atomic mass is 16.4. The number of aliphatic hydroxyl groups is 3. The molecule has 3 unspecified atom stereocenters. The highest BCUT2D eigenvalue weighted by Gasteiger charge is 2.40. The lowest BCUT2D eigenvalue weighted by molar-refractivity contribution is -0.143. The molecule has 1 fully saturated rings. The molecule has 14 atom stereocenters. The lowest BCUT2D eigenvalue weighted by Gasteiger charge is -2.30. The number of fused-ring (bicyclic) bond motifs is 1. The van der Waals surface area contributed by atoms with Crippen LogP contribution in [0.4, 0.5) is 0 Å². The van der Waals surface area contributed by atoms with Crippen LogP contribution in [-0.4, -0.2) is 229 Å². The normalized spacial score (nSPS) is 16.6. The van der Waals surface area contributed by atoms with Crippen molar-refractivity contribution in [1.29, 1.82) is 0 Å². The number of carbonyl (C=O) groups excluding carboxylic acids is 13. The lowest BCUT2D eigenvalue weighted by Crippen LogP contribution is -2.62. The van der Waals surface area contributed by atoms with E-state index in [9.17, 15) is 97.5 Å². The van der Waals surface area contributed by atoms with Crippen LogP contribution in [-0.2, 0) is 84.8 Å². The third-order valence-electron chi connectivity index (χ3n) is 16.8. The molecular weight excluding hydrogens is 1330 g/mol. The predicted octanol–water partition coefficient (Wildman–Crippen LogP) is -4.42. The summed E-state index contributed by atoms with van der Waals surface area (Å²) in [6.45, 7) is 10.1. The largest absolute Gasteiger partial charge is 0.480 e. The molecule has 102 heavy (non-hydrogen) atoms. The van der Waals surface area contributed by atoms with Gasteiger partial charge in [-0.2, -0.15) is 0 Å². The van der Waals surface area contributed by atoms with Crippen molar-refractivity contribution < 1.29 is 97.5 Å². The van der Waals surface area contributed by atoms with Gasteiger partial charge in [0.15, 0.2) is 0 Å². The summed E-state index contributed by atoms with van der Waals surface area (Å²) < 4.78 is 0. The van der Waals surface area contributed by atoms with Gasteiger partial charge in [0.1, 0.15) is 66.5 Å². The topological polar surface area (TPSA) is 561 Å². The number of hydrogen-bond acceptors (Lipinski definition) is 19. The number of aromatic amines is 1. The van der Waals surface area contributed by atoms with E-state index >= 15 is 0 Å². The van der Waals surface area contributed by atoms with E-state index in [4.69, 9.17) is 11.5 Å². The van der Waals surface area contributed by atoms with Gasteiger partial charge < -0.3 is 100 Å². The van der Waals surface area contributed by atoms with Crippen molar-refractivity contribution in [3.63, 3.8) is 0 Å². The third-order valence-corrected chi connectivity index (χ3v) is 16.8. The maximum absolute atomic E-state index is 14.2. The number of carboxylic acids is 2. The molecule has 13 amide bonds. The van der Waals surface area contributed by atoms with Crippen molar-refractivity contribution in [2.45, 2.75) is 198 Å². The summed E-state index contributed by atoms with van der Waals surface area (Å²) in [5.74, 6) is -16.8. The van der Waals surface area contributed by atoms with E-state index in [0.29, 0.717) is 17.5 Å². The summed E-state index contributed by atoms with van der Waals surface area (Å²) in [4.78, 5) is 205. The molecule has 1 aromatic heterocycles. The van der Waals surface area contributed by atoms with Crippen LogP contribution in [0.25, 0.3) is 10.9 Å². The fourth-order valence-electron chi connectivity index (χ4n) is 11.2. The Morgan fingerprint density at radius 1 is 0.539 bits per heavy atom. The smallest absolute Gasteiger partial charge is 0.326 e. The van der Waals surface area contributed by atoms with Gasteiger partial charge in [0, 0.05) is 42.9 Å². The number of primary amides is 2. The average molecular weight is 1430 g/mol. The fourth-order valence-corrected chi connectivity index (χ4v) is 11.2. The Morgan fingerprint density at radius 3 is 1.54 bits per heavy atom. The highest BCUT2D eigenvalue weighted by Crippen LogP contribution is 2.21. The number of para-hydroxylation sites is 1. The Morgan fingerprint density at radius 2 is 1.02 bits per heavy atom. The molecule has 2 aromatic carbocycles. The fraction of sp³-hybridized carbons (Fsp3) is 0.567. The second-order valence-electron chi connectivity index (χ2n) is 26.2. The van der Waals surface area contributed by atoms with Crippen molar-refractivity contribution in [2.24, 2.45) is 29.2 Å². The molecule has 0 spiro atoms. The predicted molar refractivity (Wildman–Crippen MR) is 365 cm³/mol. The molecule has 2 heterocycles. The van der Waals surface area contributed by atoms with E-state index in [0.717, 1.165) is 22.7 Å². The lowest BCUT2D eigenvalue weighted by atomic mass is 9.96. The number of nitrogens with zero attached hydrogens (tertiary/aromatic N) is 1. The minimum atomic E-state index is -1.85. The minimum absolute atomic E-state index is 0.00798. The first-order valence-corrected chi connectivity index (χ1v) is 33.7. The minimum Gasteiger partial charge on any atom is -0.480 e. The summed E-state index contributed by atoms with van der Waals surface area (Å²) in [5.41, 5.74) is 12.7. The maximum atomic E-state index is 14.2. The van der Waals surface area contributed by atoms with Gasteiger partial charge in [-0.05, 0) is 80.9 Å². The van der Waals surface area contributed by atoms with E-state index in [1.807, 2.05) is 0 Å². The van der Waals surface area contributed by atoms with Gasteiger partial charge >= 0.3 is 11.9 Å². The van der Waals surface area contributed by atoms with Gasteiger partial charge in [-0.15, -0.1) is 0 Å². The van der Waals surface area contributed by atoms with Gasteiger partial charge in [0.05, 0.1) is 38.3 Å². The number of nitrogens with one attached hydrogen (secondary N) is 12. The Bertz CT molecular complexity index is 3440. The van der Waals surface area contributed by atoms with Crippen LogP contribution < -0.4 is 70.0 Å². The van der Waals surface area contributed by atoms with Crippen LogP contribution in [0.15, 0.2) is 60.8 Å². The molecule has 1 aliphatic rings. The second kappa shape index (κ2) is 41.0. The number of nitrogens with two attached hydrogens (primary N) is 2. The van der Waals surface area contributed by atoms with Crippen molar-refractivity contribution in [2.75, 3.05) is 26.2 Å². The molecule has 0 aliphatic carbocycles. The summed E-state index contributed by atoms with van der Waals surface area (Å²) in [7, 11) is 0. The van der Waals surface area contributed by atoms with Crippen LogP contribution in [0.2, 0.25) is 0 Å². The van der Waals surface area contributed by atoms with Crippen LogP contribution in [0.3, 0.4) is 0 Å². The summed E-state index contributed by atoms with van der Waals surface area (Å²) in [6.07, 6.45) is -3.04. The third kappa shape index (κ3) is 26.8. The number of rotatable bonds is 43. The second-order valence-corrected chi connectivity index (χ2v) is 26.2. The van der Waals surface area contributed by atoms with Gasteiger partial charge in [-0.3, -0.25) is 67.6 Å². The average Bonchev–Trinajstić information content (AvgIpc) is 1.62. The van der Waals surface area contributed by atoms with E-state index in [1.54, 1.807) is 102 Å². The standard InChI is InChI=1S/C67H99N15O20/c1-9-35(6)54(63(96)81-56(37(8)85)65(98)76-44(25-34(4)5)59(92)78-47(67(101)102)27-39-29-71-41-19-14-13-18-40(39)41)79-57(90)42(21-22-50(68)86)73-62(95)49-20-15-23-82(49)53(89)31-70-30-52(88)72-48(32-83)61(94)80-55(36(7)84)64(97)75-43(24-33(2)3)58(91)74-45(28-51(69)87)60(93)77-46(66(99)100)26-38-16-11-10-12-17-38/h10-14,16-19,29,33-37,42-49,54-56,70-71,83-85H,9,15,20-28,30-32H2,1-8H3,(H2,68,86)(H2,69,87)(H,72,88)(H,73,95)(H,74,91)(H,75,97)(H,76,98)(H,77,93)(H,78,92)(H,79,90)(H,80,94)(H,81,96)(H,99,100)(H,101,102)/t35?,36?,37?,42-,43-,44-,45-,46-,47-,48-,49-,54-,55-,56-/m0/s1. The number of H-pyrrole nitrogens is 1. The number of likely N-dealkylation sites (tertiary alicyclic amines) is 1. The van der Waals surface area contributed by atoms with Gasteiger partial charge in [0.2, 0.25) is 76.8 Å². The number of aliphatic carboxylic acids is 2. The first kappa shape index (κ1) is 84.3. The summed E-state index contributed by atoms with van der Waals surface area (Å²) >= 11 is 0. The van der Waals surface area contributed by atoms with Crippen LogP contribution in [0.1, 0.15) is 118 Å². The Balaban J connectivity index is 1.37. The van der Waals surface area contributed by atoms with Crippen LogP contribution >= 0.6 is 0 Å². The monoisotopic (exact) mass is 1430 g/mol. The summed E-state index contributed by atoms with van der Waals surface area (Å²) in [5, 5.41) is 79.1. The molecular formula is C67H99N15O20. The molecule has 0 bridgehead atoms. The highest BCUT2D eigenvalue weighted by molar-refractivity contribution is 6.00. The number of carbonyl (C=O) groups is 15. The number of hydrogen-bond donors (Lipinski definition) is 19. The quantitative estimate of drug-likeness (QED) is 0.0254. The number of aliphatic hydroxyl groups excluding tert-OH is 3.